The van der Waals surface area contributed by atoms with Crippen molar-refractivity contribution in [1.82, 2.24) is 5.32 Å². The van der Waals surface area contributed by atoms with Gasteiger partial charge in [0.15, 0.2) is 0 Å². The molecule has 3 aromatic carbocycles. The Hall–Kier alpha value is -3.00. The molecule has 228 valence electrons. The highest BCUT2D eigenvalue weighted by Gasteiger charge is 2.39. The number of benzene rings is 3. The van der Waals surface area contributed by atoms with Crippen LogP contribution in [0.25, 0.3) is 0 Å². The summed E-state index contributed by atoms with van der Waals surface area (Å²) in [5.74, 6) is 1.41. The quantitative estimate of drug-likeness (QED) is 0.123. The molecular formula is C35H47NO5S. The molecule has 3 atom stereocenters. The zero-order chi connectivity index (χ0) is 30.4. The third-order valence-electron chi connectivity index (χ3n) is 7.71. The van der Waals surface area contributed by atoms with Crippen molar-refractivity contribution in [2.75, 3.05) is 27.1 Å². The normalized spacial score (nSPS) is 13.7. The van der Waals surface area contributed by atoms with Crippen molar-refractivity contribution in [2.24, 2.45) is 0 Å². The topological polar surface area (TPSA) is 77.0 Å². The van der Waals surface area contributed by atoms with Crippen LogP contribution in [0.15, 0.2) is 78.9 Å². The van der Waals surface area contributed by atoms with Crippen LogP contribution in [-0.2, 0) is 15.1 Å². The van der Waals surface area contributed by atoms with E-state index in [1.807, 2.05) is 90.6 Å². The van der Waals surface area contributed by atoms with Gasteiger partial charge < -0.3 is 24.6 Å². The number of nitrogens with one attached hydrogen (secondary N) is 1. The van der Waals surface area contributed by atoms with E-state index in [0.29, 0.717) is 11.7 Å². The maximum atomic E-state index is 13.0. The number of unbranched alkanes of at least 4 members (excludes halogenated alkanes) is 1. The second kappa shape index (κ2) is 17.2. The first kappa shape index (κ1) is 33.5. The molecule has 3 aromatic rings. The van der Waals surface area contributed by atoms with Gasteiger partial charge in [-0.1, -0.05) is 74.4 Å². The van der Waals surface area contributed by atoms with E-state index in [9.17, 15) is 9.90 Å². The maximum Gasteiger partial charge on any atom is 0.220 e. The van der Waals surface area contributed by atoms with E-state index in [0.717, 1.165) is 47.5 Å². The van der Waals surface area contributed by atoms with E-state index in [2.05, 4.69) is 18.5 Å². The summed E-state index contributed by atoms with van der Waals surface area (Å²) >= 11 is 1.91. The standard InChI is InChI=1S/C35H47NO5S/c1-6-12-32(42-5)15-10-11-16-34(38)36-33(26(2)37)25-41-35(27-13-8-7-9-14-27,28-17-21-30(39-3)22-18-28)29-19-23-31(40-4)24-20-29/h7-9,13-14,17-24,26,32-33,37H,6,10-12,15-16,25H2,1-5H3,(H,36,38)/t26-,32+,33-/m1/s1. The van der Waals surface area contributed by atoms with Gasteiger partial charge in [0, 0.05) is 11.7 Å². The molecule has 0 spiro atoms. The molecule has 2 N–H and O–H groups in total. The molecule has 0 saturated carbocycles. The molecule has 0 aliphatic rings. The minimum Gasteiger partial charge on any atom is -0.497 e. The lowest BCUT2D eigenvalue weighted by Crippen LogP contribution is -2.47. The number of carbonyl (C=O) groups is 1. The highest BCUT2D eigenvalue weighted by atomic mass is 32.2. The third kappa shape index (κ3) is 9.00. The molecule has 0 fully saturated rings. The molecule has 3 rings (SSSR count). The zero-order valence-corrected chi connectivity index (χ0v) is 26.5. The summed E-state index contributed by atoms with van der Waals surface area (Å²) in [4.78, 5) is 13.0. The summed E-state index contributed by atoms with van der Waals surface area (Å²) in [7, 11) is 3.28. The number of rotatable bonds is 18. The van der Waals surface area contributed by atoms with Gasteiger partial charge in [-0.05, 0) is 73.4 Å². The maximum absolute atomic E-state index is 13.0. The van der Waals surface area contributed by atoms with E-state index in [4.69, 9.17) is 14.2 Å². The van der Waals surface area contributed by atoms with Gasteiger partial charge in [0.2, 0.25) is 5.91 Å². The molecule has 0 saturated heterocycles. The fourth-order valence-corrected chi connectivity index (χ4v) is 6.10. The van der Waals surface area contributed by atoms with Crippen molar-refractivity contribution in [1.29, 1.82) is 0 Å². The largest absolute Gasteiger partial charge is 0.497 e. The lowest BCUT2D eigenvalue weighted by Gasteiger charge is -2.37. The summed E-state index contributed by atoms with van der Waals surface area (Å²) in [6, 6.07) is 25.0. The summed E-state index contributed by atoms with van der Waals surface area (Å²) in [6.07, 6.45) is 7.13. The number of ether oxygens (including phenoxy) is 3. The predicted octanol–water partition coefficient (Wildman–Crippen LogP) is 6.97. The van der Waals surface area contributed by atoms with Crippen molar-refractivity contribution in [2.45, 2.75) is 75.4 Å². The molecule has 0 unspecified atom stereocenters. The van der Waals surface area contributed by atoms with E-state index in [1.54, 1.807) is 21.1 Å². The minimum atomic E-state index is -1.02. The Morgan fingerprint density at radius 1 is 0.857 bits per heavy atom. The van der Waals surface area contributed by atoms with E-state index in [1.165, 1.54) is 12.8 Å². The van der Waals surface area contributed by atoms with Crippen molar-refractivity contribution in [3.63, 3.8) is 0 Å². The van der Waals surface area contributed by atoms with Crippen LogP contribution in [0.3, 0.4) is 0 Å². The molecule has 0 aromatic heterocycles. The van der Waals surface area contributed by atoms with Crippen molar-refractivity contribution < 1.29 is 24.1 Å². The fourth-order valence-electron chi connectivity index (χ4n) is 5.23. The van der Waals surface area contributed by atoms with Gasteiger partial charge in [0.1, 0.15) is 17.1 Å². The van der Waals surface area contributed by atoms with E-state index >= 15 is 0 Å². The van der Waals surface area contributed by atoms with Gasteiger partial charge in [0.25, 0.3) is 0 Å². The van der Waals surface area contributed by atoms with E-state index < -0.39 is 17.7 Å². The first-order valence-corrected chi connectivity index (χ1v) is 16.1. The lowest BCUT2D eigenvalue weighted by atomic mass is 9.80. The molecule has 6 nitrogen and oxygen atoms in total. The minimum absolute atomic E-state index is 0.0695. The van der Waals surface area contributed by atoms with Crippen molar-refractivity contribution >= 4 is 17.7 Å². The molecule has 0 aliphatic carbocycles. The molecule has 0 bridgehead atoms. The first-order valence-electron chi connectivity index (χ1n) is 14.9. The van der Waals surface area contributed by atoms with Crippen LogP contribution in [0.4, 0.5) is 0 Å². The number of hydrogen-bond donors (Lipinski definition) is 2. The molecule has 1 amide bonds. The SMILES string of the molecule is CCC[C@@H](CCCCC(=O)N[C@H](COC(c1ccccc1)(c1ccc(OC)cc1)c1ccc(OC)cc1)[C@@H](C)O)SC. The number of hydrogen-bond acceptors (Lipinski definition) is 6. The molecule has 0 heterocycles. The van der Waals surface area contributed by atoms with Crippen molar-refractivity contribution in [3.05, 3.63) is 95.6 Å². The van der Waals surface area contributed by atoms with Gasteiger partial charge in [-0.15, -0.1) is 0 Å². The highest BCUT2D eigenvalue weighted by Crippen LogP contribution is 2.41. The Morgan fingerprint density at radius 3 is 1.88 bits per heavy atom. The summed E-state index contributed by atoms with van der Waals surface area (Å²) in [5, 5.41) is 14.4. The summed E-state index contributed by atoms with van der Waals surface area (Å²) < 4.78 is 17.8. The van der Waals surface area contributed by atoms with Crippen LogP contribution in [0.2, 0.25) is 0 Å². The number of amides is 1. The Bertz CT molecular complexity index is 1140. The Kier molecular flexibility index (Phi) is 13.7. The average Bonchev–Trinajstić information content (AvgIpc) is 3.03. The monoisotopic (exact) mass is 593 g/mol. The number of methoxy groups -OCH3 is 2. The highest BCUT2D eigenvalue weighted by molar-refractivity contribution is 7.99. The number of aliphatic hydroxyl groups is 1. The van der Waals surface area contributed by atoms with Crippen LogP contribution in [-0.4, -0.2) is 55.5 Å². The second-order valence-corrected chi connectivity index (χ2v) is 11.8. The predicted molar refractivity (Wildman–Crippen MR) is 173 cm³/mol. The molecule has 0 aliphatic heterocycles. The molecule has 42 heavy (non-hydrogen) atoms. The van der Waals surface area contributed by atoms with Gasteiger partial charge >= 0.3 is 0 Å². The first-order chi connectivity index (χ1) is 20.4. The van der Waals surface area contributed by atoms with Crippen molar-refractivity contribution in [3.8, 4) is 11.5 Å². The Labute approximate surface area is 256 Å². The average molecular weight is 594 g/mol. The van der Waals surface area contributed by atoms with Crippen LogP contribution in [0.5, 0.6) is 11.5 Å². The number of thioether (sulfide) groups is 1. The number of aliphatic hydroxyl groups excluding tert-OH is 1. The second-order valence-electron chi connectivity index (χ2n) is 10.6. The number of carbonyl (C=O) groups excluding carboxylic acids is 1. The van der Waals surface area contributed by atoms with Gasteiger partial charge in [-0.25, -0.2) is 0 Å². The smallest absolute Gasteiger partial charge is 0.220 e. The molecular weight excluding hydrogens is 546 g/mol. The van der Waals surface area contributed by atoms with Crippen LogP contribution in [0, 0.1) is 0 Å². The van der Waals surface area contributed by atoms with Crippen LogP contribution < -0.4 is 14.8 Å². The van der Waals surface area contributed by atoms with Gasteiger partial charge in [-0.2, -0.15) is 11.8 Å². The lowest BCUT2D eigenvalue weighted by molar-refractivity contribution is -0.124. The molecule has 0 radical (unpaired) electrons. The Balaban J connectivity index is 1.87. The summed E-state index contributed by atoms with van der Waals surface area (Å²) in [6.45, 7) is 4.00. The zero-order valence-electron chi connectivity index (χ0n) is 25.7. The third-order valence-corrected chi connectivity index (χ3v) is 8.84. The van der Waals surface area contributed by atoms with E-state index in [-0.39, 0.29) is 12.5 Å². The Morgan fingerprint density at radius 2 is 1.40 bits per heavy atom. The molecule has 7 heteroatoms. The van der Waals surface area contributed by atoms with Crippen LogP contribution in [0.1, 0.15) is 69.1 Å². The fraction of sp³-hybridized carbons (Fsp3) is 0.457. The van der Waals surface area contributed by atoms with Crippen LogP contribution >= 0.6 is 11.8 Å². The van der Waals surface area contributed by atoms with Gasteiger partial charge in [0.05, 0.1) is 33.0 Å². The van der Waals surface area contributed by atoms with Gasteiger partial charge in [-0.3, -0.25) is 4.79 Å². The summed E-state index contributed by atoms with van der Waals surface area (Å²) in [5.41, 5.74) is 1.69.